The van der Waals surface area contributed by atoms with Crippen LogP contribution in [-0.4, -0.2) is 25.8 Å². The van der Waals surface area contributed by atoms with Crippen molar-refractivity contribution in [2.75, 3.05) is 19.0 Å². The van der Waals surface area contributed by atoms with Crippen molar-refractivity contribution in [3.8, 4) is 5.75 Å². The van der Waals surface area contributed by atoms with Gasteiger partial charge in [-0.3, -0.25) is 4.79 Å². The Hall–Kier alpha value is -2.24. The minimum Gasteiger partial charge on any atom is -0.496 e. The molecule has 0 radical (unpaired) electrons. The Kier molecular flexibility index (Phi) is 6.26. The number of halogens is 2. The van der Waals surface area contributed by atoms with Crippen LogP contribution in [0.5, 0.6) is 5.75 Å². The molecule has 5 nitrogen and oxygen atoms in total. The fourth-order valence-corrected chi connectivity index (χ4v) is 2.08. The maximum absolute atomic E-state index is 11.8. The molecule has 2 rings (SSSR count). The first-order valence-corrected chi connectivity index (χ1v) is 7.39. The van der Waals surface area contributed by atoms with Crippen LogP contribution in [0.15, 0.2) is 47.6 Å². The first-order valence-electron chi connectivity index (χ1n) is 6.63. The van der Waals surface area contributed by atoms with Crippen molar-refractivity contribution in [2.24, 2.45) is 5.16 Å². The van der Waals surface area contributed by atoms with Crippen LogP contribution in [0.2, 0.25) is 10.0 Å². The molecule has 120 valence electrons. The molecule has 1 amide bonds. The van der Waals surface area contributed by atoms with Crippen LogP contribution in [0.4, 0.5) is 5.69 Å². The van der Waals surface area contributed by atoms with Gasteiger partial charge < -0.3 is 14.9 Å². The number of nitrogens with one attached hydrogen (secondary N) is 1. The Labute approximate surface area is 143 Å². The molecule has 0 aliphatic carbocycles. The Bertz CT molecular complexity index is 720. The van der Waals surface area contributed by atoms with Crippen molar-refractivity contribution >= 4 is 41.0 Å². The first kappa shape index (κ1) is 17.1. The van der Waals surface area contributed by atoms with Gasteiger partial charge in [0.2, 0.25) is 0 Å². The fourth-order valence-electron chi connectivity index (χ4n) is 1.74. The molecule has 0 spiro atoms. The number of anilines is 1. The molecule has 0 fully saturated rings. The van der Waals surface area contributed by atoms with E-state index in [0.717, 1.165) is 5.56 Å². The lowest BCUT2D eigenvalue weighted by molar-refractivity contribution is -0.120. The lowest BCUT2D eigenvalue weighted by Crippen LogP contribution is -2.17. The molecule has 7 heteroatoms. The number of methoxy groups -OCH3 is 1. The molecule has 0 atom stereocenters. The summed E-state index contributed by atoms with van der Waals surface area (Å²) in [5.41, 5.74) is 1.16. The van der Waals surface area contributed by atoms with Crippen LogP contribution in [0.25, 0.3) is 0 Å². The molecular weight excluding hydrogens is 339 g/mol. The quantitative estimate of drug-likeness (QED) is 0.631. The smallest absolute Gasteiger partial charge is 0.265 e. The molecule has 0 aromatic heterocycles. The SMILES string of the molecule is COc1ccccc1/C=N\OCC(=O)Nc1cc(Cl)ccc1Cl. The minimum absolute atomic E-state index is 0.255. The zero-order valence-corrected chi connectivity index (χ0v) is 13.8. The van der Waals surface area contributed by atoms with E-state index in [0.29, 0.717) is 21.5 Å². The summed E-state index contributed by atoms with van der Waals surface area (Å²) in [6.07, 6.45) is 1.47. The van der Waals surface area contributed by atoms with Gasteiger partial charge in [0.15, 0.2) is 6.61 Å². The molecular formula is C16H14Cl2N2O3. The van der Waals surface area contributed by atoms with E-state index in [9.17, 15) is 4.79 Å². The van der Waals surface area contributed by atoms with Crippen molar-refractivity contribution in [3.05, 3.63) is 58.1 Å². The van der Waals surface area contributed by atoms with Gasteiger partial charge in [0.25, 0.3) is 5.91 Å². The van der Waals surface area contributed by atoms with Gasteiger partial charge in [-0.1, -0.05) is 40.5 Å². The molecule has 23 heavy (non-hydrogen) atoms. The zero-order chi connectivity index (χ0) is 16.7. The van der Waals surface area contributed by atoms with Crippen LogP contribution in [0, 0.1) is 0 Å². The second-order valence-electron chi connectivity index (χ2n) is 4.42. The number of carbonyl (C=O) groups is 1. The summed E-state index contributed by atoms with van der Waals surface area (Å²) in [6.45, 7) is -0.255. The highest BCUT2D eigenvalue weighted by Crippen LogP contribution is 2.25. The Balaban J connectivity index is 1.87. The number of carbonyl (C=O) groups excluding carboxylic acids is 1. The summed E-state index contributed by atoms with van der Waals surface area (Å²) in [6, 6.07) is 12.1. The molecule has 0 aliphatic heterocycles. The summed E-state index contributed by atoms with van der Waals surface area (Å²) in [4.78, 5) is 16.7. The van der Waals surface area contributed by atoms with Crippen molar-refractivity contribution in [1.82, 2.24) is 0 Å². The van der Waals surface area contributed by atoms with Crippen LogP contribution in [-0.2, 0) is 9.63 Å². The molecule has 0 saturated carbocycles. The second-order valence-corrected chi connectivity index (χ2v) is 5.27. The van der Waals surface area contributed by atoms with Gasteiger partial charge in [-0.15, -0.1) is 0 Å². The van der Waals surface area contributed by atoms with Crippen LogP contribution < -0.4 is 10.1 Å². The topological polar surface area (TPSA) is 59.9 Å². The van der Waals surface area contributed by atoms with Gasteiger partial charge in [0.1, 0.15) is 5.75 Å². The number of benzene rings is 2. The van der Waals surface area contributed by atoms with Crippen molar-refractivity contribution in [1.29, 1.82) is 0 Å². The van der Waals surface area contributed by atoms with E-state index < -0.39 is 5.91 Å². The number of ether oxygens (including phenoxy) is 1. The highest BCUT2D eigenvalue weighted by Gasteiger charge is 2.07. The first-order chi connectivity index (χ1) is 11.1. The molecule has 0 heterocycles. The fraction of sp³-hybridized carbons (Fsp3) is 0.125. The third-order valence-corrected chi connectivity index (χ3v) is 3.37. The van der Waals surface area contributed by atoms with E-state index in [-0.39, 0.29) is 6.61 Å². The predicted molar refractivity (Wildman–Crippen MR) is 91.6 cm³/mol. The van der Waals surface area contributed by atoms with Crippen LogP contribution in [0.1, 0.15) is 5.56 Å². The molecule has 0 unspecified atom stereocenters. The Morgan fingerprint density at radius 3 is 2.83 bits per heavy atom. The maximum atomic E-state index is 11.8. The molecule has 0 aliphatic rings. The monoisotopic (exact) mass is 352 g/mol. The van der Waals surface area contributed by atoms with Crippen molar-refractivity contribution < 1.29 is 14.4 Å². The van der Waals surface area contributed by atoms with E-state index in [1.54, 1.807) is 31.4 Å². The Morgan fingerprint density at radius 1 is 1.26 bits per heavy atom. The number of hydrogen-bond acceptors (Lipinski definition) is 4. The Morgan fingerprint density at radius 2 is 2.04 bits per heavy atom. The molecule has 2 aromatic rings. The van der Waals surface area contributed by atoms with Crippen LogP contribution >= 0.6 is 23.2 Å². The van der Waals surface area contributed by atoms with Gasteiger partial charge in [-0.05, 0) is 30.3 Å². The van der Waals surface area contributed by atoms with Gasteiger partial charge in [0, 0.05) is 10.6 Å². The van der Waals surface area contributed by atoms with Gasteiger partial charge in [0.05, 0.1) is 24.0 Å². The van der Waals surface area contributed by atoms with E-state index in [4.69, 9.17) is 32.8 Å². The van der Waals surface area contributed by atoms with Gasteiger partial charge in [-0.2, -0.15) is 0 Å². The molecule has 0 saturated heterocycles. The number of amides is 1. The normalized spacial score (nSPS) is 10.6. The van der Waals surface area contributed by atoms with Gasteiger partial charge in [-0.25, -0.2) is 0 Å². The summed E-state index contributed by atoms with van der Waals surface area (Å²) < 4.78 is 5.17. The zero-order valence-electron chi connectivity index (χ0n) is 12.3. The summed E-state index contributed by atoms with van der Waals surface area (Å²) in [5.74, 6) is 0.265. The number of nitrogens with zero attached hydrogens (tertiary/aromatic N) is 1. The standard InChI is InChI=1S/C16H14Cl2N2O3/c1-22-15-5-3-2-4-11(15)9-19-23-10-16(21)20-14-8-12(17)6-7-13(14)18/h2-9H,10H2,1H3,(H,20,21)/b19-9-. The predicted octanol–water partition coefficient (Wildman–Crippen LogP) is 3.99. The summed E-state index contributed by atoms with van der Waals surface area (Å²) in [7, 11) is 1.57. The molecule has 1 N–H and O–H groups in total. The highest BCUT2D eigenvalue weighted by atomic mass is 35.5. The summed E-state index contributed by atoms with van der Waals surface area (Å²) >= 11 is 11.8. The number of hydrogen-bond donors (Lipinski definition) is 1. The third-order valence-electron chi connectivity index (χ3n) is 2.80. The van der Waals surface area contributed by atoms with Crippen molar-refractivity contribution in [2.45, 2.75) is 0 Å². The number of para-hydroxylation sites is 1. The van der Waals surface area contributed by atoms with Crippen LogP contribution in [0.3, 0.4) is 0 Å². The molecule has 2 aromatic carbocycles. The van der Waals surface area contributed by atoms with E-state index in [2.05, 4.69) is 10.5 Å². The average molecular weight is 353 g/mol. The van der Waals surface area contributed by atoms with Crippen molar-refractivity contribution in [3.63, 3.8) is 0 Å². The lowest BCUT2D eigenvalue weighted by atomic mass is 10.2. The average Bonchev–Trinajstić information content (AvgIpc) is 2.55. The van der Waals surface area contributed by atoms with Gasteiger partial charge >= 0.3 is 0 Å². The second kappa shape index (κ2) is 8.41. The largest absolute Gasteiger partial charge is 0.496 e. The van der Waals surface area contributed by atoms with E-state index in [1.807, 2.05) is 18.2 Å². The lowest BCUT2D eigenvalue weighted by Gasteiger charge is -2.07. The minimum atomic E-state index is -0.397. The highest BCUT2D eigenvalue weighted by molar-refractivity contribution is 6.35. The molecule has 0 bridgehead atoms. The number of oxime groups is 1. The summed E-state index contributed by atoms with van der Waals surface area (Å²) in [5, 5.41) is 7.20. The van der Waals surface area contributed by atoms with E-state index in [1.165, 1.54) is 6.21 Å². The van der Waals surface area contributed by atoms with E-state index >= 15 is 0 Å². The maximum Gasteiger partial charge on any atom is 0.265 e. The number of rotatable bonds is 6. The third kappa shape index (κ3) is 5.16.